The lowest BCUT2D eigenvalue weighted by Crippen LogP contribution is -2.32. The minimum absolute atomic E-state index is 0.0930. The van der Waals surface area contributed by atoms with Crippen molar-refractivity contribution in [3.8, 4) is 5.75 Å². The van der Waals surface area contributed by atoms with Crippen molar-refractivity contribution in [1.29, 1.82) is 0 Å². The fraction of sp³-hybridized carbons (Fsp3) is 0.538. The fourth-order valence-electron chi connectivity index (χ4n) is 1.63. The predicted molar refractivity (Wildman–Crippen MR) is 70.4 cm³/mol. The van der Waals surface area contributed by atoms with Crippen LogP contribution in [0.15, 0.2) is 24.3 Å². The third kappa shape index (κ3) is 4.62. The highest BCUT2D eigenvalue weighted by Crippen LogP contribution is 2.24. The lowest BCUT2D eigenvalue weighted by molar-refractivity contribution is 0.0581. The molecule has 0 aliphatic heterocycles. The zero-order valence-corrected chi connectivity index (χ0v) is 11.0. The van der Waals surface area contributed by atoms with E-state index in [4.69, 9.17) is 20.1 Å². The number of rotatable bonds is 9. The lowest BCUT2D eigenvalue weighted by Gasteiger charge is -2.19. The van der Waals surface area contributed by atoms with Crippen LogP contribution in [0.1, 0.15) is 18.5 Å². The summed E-state index contributed by atoms with van der Waals surface area (Å²) in [4.78, 5) is 0. The Kier molecular flexibility index (Phi) is 7.36. The predicted octanol–water partition coefficient (Wildman–Crippen LogP) is 1.25. The zero-order chi connectivity index (χ0) is 13.2. The number of benzene rings is 1. The summed E-state index contributed by atoms with van der Waals surface area (Å²) in [5, 5.41) is 0. The summed E-state index contributed by atoms with van der Waals surface area (Å²) in [6.45, 7) is 4.18. The molecule has 0 amide bonds. The maximum Gasteiger partial charge on any atom is 0.124 e. The van der Waals surface area contributed by atoms with Gasteiger partial charge in [-0.25, -0.2) is 0 Å². The number of ether oxygens (including phenoxy) is 3. The fourth-order valence-corrected chi connectivity index (χ4v) is 1.63. The van der Waals surface area contributed by atoms with Gasteiger partial charge in [-0.1, -0.05) is 18.2 Å². The van der Waals surface area contributed by atoms with Crippen LogP contribution in [0.25, 0.3) is 0 Å². The van der Waals surface area contributed by atoms with Gasteiger partial charge in [-0.05, 0) is 13.0 Å². The van der Waals surface area contributed by atoms with E-state index in [1.807, 2.05) is 31.2 Å². The summed E-state index contributed by atoms with van der Waals surface area (Å²) in [6.07, 6.45) is 0. The second kappa shape index (κ2) is 8.88. The van der Waals surface area contributed by atoms with E-state index < -0.39 is 0 Å². The Labute approximate surface area is 108 Å². The van der Waals surface area contributed by atoms with E-state index >= 15 is 0 Å². The maximum atomic E-state index is 5.57. The van der Waals surface area contributed by atoms with Gasteiger partial charge in [0, 0.05) is 12.7 Å². The quantitative estimate of drug-likeness (QED) is 0.394. The van der Waals surface area contributed by atoms with Crippen molar-refractivity contribution in [3.63, 3.8) is 0 Å². The number of nitrogens with two attached hydrogens (primary N) is 1. The van der Waals surface area contributed by atoms with Crippen LogP contribution >= 0.6 is 0 Å². The normalized spacial score (nSPS) is 12.4. The Hall–Kier alpha value is -1.14. The lowest BCUT2D eigenvalue weighted by atomic mass is 10.1. The SMILES string of the molecule is CCOc1ccccc1C(COCCOC)NN. The van der Waals surface area contributed by atoms with Crippen LogP contribution in [0, 0.1) is 0 Å². The van der Waals surface area contributed by atoms with Crippen LogP contribution in [0.2, 0.25) is 0 Å². The largest absolute Gasteiger partial charge is 0.494 e. The van der Waals surface area contributed by atoms with Gasteiger partial charge in [-0.2, -0.15) is 0 Å². The maximum absolute atomic E-state index is 5.57. The third-order valence-corrected chi connectivity index (χ3v) is 2.51. The molecule has 1 aromatic carbocycles. The molecule has 0 aromatic heterocycles. The summed E-state index contributed by atoms with van der Waals surface area (Å²) >= 11 is 0. The van der Waals surface area contributed by atoms with Gasteiger partial charge in [-0.15, -0.1) is 0 Å². The molecule has 1 aromatic rings. The summed E-state index contributed by atoms with van der Waals surface area (Å²) in [7, 11) is 1.65. The number of hydrogen-bond acceptors (Lipinski definition) is 5. The molecule has 0 saturated carbocycles. The summed E-state index contributed by atoms with van der Waals surface area (Å²) in [6, 6.07) is 7.71. The third-order valence-electron chi connectivity index (χ3n) is 2.51. The van der Waals surface area contributed by atoms with E-state index in [1.54, 1.807) is 7.11 Å². The molecule has 0 heterocycles. The number of hydrogen-bond donors (Lipinski definition) is 2. The van der Waals surface area contributed by atoms with Crippen molar-refractivity contribution in [2.45, 2.75) is 13.0 Å². The molecule has 0 spiro atoms. The molecule has 0 saturated heterocycles. The molecular weight excluding hydrogens is 232 g/mol. The molecule has 102 valence electrons. The molecular formula is C13H22N2O3. The second-order valence-electron chi connectivity index (χ2n) is 3.76. The molecule has 5 heteroatoms. The van der Waals surface area contributed by atoms with E-state index in [9.17, 15) is 0 Å². The average molecular weight is 254 g/mol. The molecule has 3 N–H and O–H groups in total. The van der Waals surface area contributed by atoms with Crippen molar-refractivity contribution in [1.82, 2.24) is 5.43 Å². The van der Waals surface area contributed by atoms with Crippen LogP contribution in [0.4, 0.5) is 0 Å². The van der Waals surface area contributed by atoms with E-state index in [-0.39, 0.29) is 6.04 Å². The van der Waals surface area contributed by atoms with Gasteiger partial charge in [-0.3, -0.25) is 11.3 Å². The highest BCUT2D eigenvalue weighted by atomic mass is 16.5. The van der Waals surface area contributed by atoms with Crippen LogP contribution < -0.4 is 16.0 Å². The first-order valence-electron chi connectivity index (χ1n) is 6.08. The van der Waals surface area contributed by atoms with Crippen LogP contribution in [0.5, 0.6) is 5.75 Å². The first-order chi connectivity index (χ1) is 8.83. The summed E-state index contributed by atoms with van der Waals surface area (Å²) in [5.41, 5.74) is 3.75. The Morgan fingerprint density at radius 2 is 2.06 bits per heavy atom. The van der Waals surface area contributed by atoms with Gasteiger partial charge in [0.2, 0.25) is 0 Å². The highest BCUT2D eigenvalue weighted by molar-refractivity contribution is 5.35. The van der Waals surface area contributed by atoms with E-state index in [2.05, 4.69) is 5.43 Å². The van der Waals surface area contributed by atoms with Gasteiger partial charge in [0.15, 0.2) is 0 Å². The highest BCUT2D eigenvalue weighted by Gasteiger charge is 2.14. The molecule has 1 rings (SSSR count). The van der Waals surface area contributed by atoms with Crippen molar-refractivity contribution in [2.24, 2.45) is 5.84 Å². The molecule has 1 atom stereocenters. The molecule has 0 aliphatic carbocycles. The van der Waals surface area contributed by atoms with Gasteiger partial charge >= 0.3 is 0 Å². The Bertz CT molecular complexity index is 334. The number of nitrogens with one attached hydrogen (secondary N) is 1. The van der Waals surface area contributed by atoms with Crippen LogP contribution in [-0.4, -0.2) is 33.5 Å². The topological polar surface area (TPSA) is 65.7 Å². The van der Waals surface area contributed by atoms with E-state index in [0.29, 0.717) is 26.4 Å². The second-order valence-corrected chi connectivity index (χ2v) is 3.76. The number of hydrazine groups is 1. The van der Waals surface area contributed by atoms with Gasteiger partial charge < -0.3 is 14.2 Å². The Balaban J connectivity index is 2.62. The monoisotopic (exact) mass is 254 g/mol. The van der Waals surface area contributed by atoms with Gasteiger partial charge in [0.1, 0.15) is 5.75 Å². The molecule has 5 nitrogen and oxygen atoms in total. The molecule has 0 fully saturated rings. The number of methoxy groups -OCH3 is 1. The molecule has 0 radical (unpaired) electrons. The summed E-state index contributed by atoms with van der Waals surface area (Å²) in [5.74, 6) is 6.40. The van der Waals surface area contributed by atoms with Gasteiger partial charge in [0.05, 0.1) is 32.5 Å². The molecule has 0 aliphatic rings. The van der Waals surface area contributed by atoms with Crippen LogP contribution in [0.3, 0.4) is 0 Å². The van der Waals surface area contributed by atoms with Crippen LogP contribution in [-0.2, 0) is 9.47 Å². The number of para-hydroxylation sites is 1. The van der Waals surface area contributed by atoms with E-state index in [0.717, 1.165) is 11.3 Å². The molecule has 18 heavy (non-hydrogen) atoms. The Morgan fingerprint density at radius 3 is 2.72 bits per heavy atom. The standard InChI is InChI=1S/C13H22N2O3/c1-3-18-13-7-5-4-6-11(13)12(15-14)10-17-9-8-16-2/h4-7,12,15H,3,8-10,14H2,1-2H3. The van der Waals surface area contributed by atoms with Gasteiger partial charge in [0.25, 0.3) is 0 Å². The van der Waals surface area contributed by atoms with Crippen molar-refractivity contribution >= 4 is 0 Å². The Morgan fingerprint density at radius 1 is 1.28 bits per heavy atom. The van der Waals surface area contributed by atoms with Crippen molar-refractivity contribution in [3.05, 3.63) is 29.8 Å². The summed E-state index contributed by atoms with van der Waals surface area (Å²) < 4.78 is 16.0. The van der Waals surface area contributed by atoms with Crippen molar-refractivity contribution < 1.29 is 14.2 Å². The van der Waals surface area contributed by atoms with E-state index in [1.165, 1.54) is 0 Å². The molecule has 0 bridgehead atoms. The van der Waals surface area contributed by atoms with Crippen molar-refractivity contribution in [2.75, 3.05) is 33.5 Å². The average Bonchev–Trinajstić information content (AvgIpc) is 2.41. The molecule has 1 unspecified atom stereocenters. The minimum Gasteiger partial charge on any atom is -0.494 e. The zero-order valence-electron chi connectivity index (χ0n) is 11.0. The first kappa shape index (κ1) is 14.9. The smallest absolute Gasteiger partial charge is 0.124 e. The first-order valence-corrected chi connectivity index (χ1v) is 6.08. The minimum atomic E-state index is -0.0930.